The van der Waals surface area contributed by atoms with E-state index < -0.39 is 9.05 Å². The smallest absolute Gasteiger partial charge is 0.262 e. The Bertz CT molecular complexity index is 632. The van der Waals surface area contributed by atoms with Gasteiger partial charge < -0.3 is 4.90 Å². The van der Waals surface area contributed by atoms with Crippen LogP contribution in [0, 0.1) is 5.92 Å². The lowest BCUT2D eigenvalue weighted by Crippen LogP contribution is -2.30. The zero-order chi connectivity index (χ0) is 15.7. The second-order valence-electron chi connectivity index (χ2n) is 4.78. The van der Waals surface area contributed by atoms with Gasteiger partial charge in [-0.3, -0.25) is 4.79 Å². The van der Waals surface area contributed by atoms with E-state index >= 15 is 0 Å². The van der Waals surface area contributed by atoms with Crippen molar-refractivity contribution in [2.75, 3.05) is 13.6 Å². The molecule has 8 heteroatoms. The highest BCUT2D eigenvalue weighted by Gasteiger charge is 2.22. The van der Waals surface area contributed by atoms with Crippen LogP contribution in [-0.4, -0.2) is 32.8 Å². The fraction of sp³-hybridized carbons (Fsp3) is 0.417. The Hall–Kier alpha value is -0.300. The van der Waals surface area contributed by atoms with Crippen molar-refractivity contribution in [3.05, 3.63) is 27.2 Å². The van der Waals surface area contributed by atoms with Crippen molar-refractivity contribution >= 4 is 53.2 Å². The van der Waals surface area contributed by atoms with Crippen molar-refractivity contribution in [3.63, 3.8) is 0 Å². The third kappa shape index (κ3) is 4.35. The van der Waals surface area contributed by atoms with Gasteiger partial charge in [-0.2, -0.15) is 0 Å². The molecule has 20 heavy (non-hydrogen) atoms. The van der Waals surface area contributed by atoms with Gasteiger partial charge in [-0.1, -0.05) is 25.4 Å². The van der Waals surface area contributed by atoms with E-state index in [2.05, 4.69) is 15.9 Å². The number of benzene rings is 1. The fourth-order valence-corrected chi connectivity index (χ4v) is 4.29. The summed E-state index contributed by atoms with van der Waals surface area (Å²) in [5.41, 5.74) is 0.109. The van der Waals surface area contributed by atoms with Crippen molar-refractivity contribution < 1.29 is 13.2 Å². The summed E-state index contributed by atoms with van der Waals surface area (Å²) in [4.78, 5) is 13.6. The average Bonchev–Trinajstić information content (AvgIpc) is 2.25. The van der Waals surface area contributed by atoms with Crippen molar-refractivity contribution in [1.82, 2.24) is 4.90 Å². The first-order chi connectivity index (χ1) is 9.04. The monoisotopic (exact) mass is 401 g/mol. The van der Waals surface area contributed by atoms with Gasteiger partial charge in [-0.25, -0.2) is 8.42 Å². The number of carbonyl (C=O) groups is 1. The first-order valence-electron chi connectivity index (χ1n) is 5.73. The van der Waals surface area contributed by atoms with Crippen molar-refractivity contribution in [2.24, 2.45) is 5.92 Å². The second-order valence-corrected chi connectivity index (χ2v) is 8.58. The summed E-state index contributed by atoms with van der Waals surface area (Å²) >= 11 is 9.08. The molecule has 0 heterocycles. The van der Waals surface area contributed by atoms with Crippen molar-refractivity contribution in [2.45, 2.75) is 18.7 Å². The summed E-state index contributed by atoms with van der Waals surface area (Å²) in [6.07, 6.45) is 0. The highest BCUT2D eigenvalue weighted by atomic mass is 79.9. The lowest BCUT2D eigenvalue weighted by molar-refractivity contribution is 0.0779. The largest absolute Gasteiger partial charge is 0.341 e. The molecule has 1 aromatic rings. The molecular weight excluding hydrogens is 389 g/mol. The Morgan fingerprint density at radius 1 is 1.40 bits per heavy atom. The highest BCUT2D eigenvalue weighted by Crippen LogP contribution is 2.31. The number of amides is 1. The number of hydrogen-bond donors (Lipinski definition) is 0. The quantitative estimate of drug-likeness (QED) is 0.720. The Labute approximate surface area is 136 Å². The van der Waals surface area contributed by atoms with Crippen LogP contribution in [0.2, 0.25) is 5.02 Å². The molecule has 0 aliphatic heterocycles. The number of carbonyl (C=O) groups excluding carboxylic acids is 1. The Morgan fingerprint density at radius 2 is 1.95 bits per heavy atom. The summed E-state index contributed by atoms with van der Waals surface area (Å²) in [5.74, 6) is -0.0628. The molecule has 112 valence electrons. The van der Waals surface area contributed by atoms with E-state index in [1.54, 1.807) is 7.05 Å². The normalized spacial score (nSPS) is 11.8. The summed E-state index contributed by atoms with van der Waals surface area (Å²) in [6.45, 7) is 4.48. The SMILES string of the molecule is CC(C)CN(C)C(=O)c1cc(S(=O)(=O)Cl)c(Br)cc1Cl. The van der Waals surface area contributed by atoms with Crippen LogP contribution >= 0.6 is 38.2 Å². The molecule has 0 aromatic heterocycles. The van der Waals surface area contributed by atoms with Gasteiger partial charge in [0.25, 0.3) is 15.0 Å². The van der Waals surface area contributed by atoms with Crippen LogP contribution in [0.15, 0.2) is 21.5 Å². The van der Waals surface area contributed by atoms with Gasteiger partial charge in [-0.05, 0) is 34.0 Å². The van der Waals surface area contributed by atoms with E-state index in [1.807, 2.05) is 13.8 Å². The molecule has 0 saturated heterocycles. The Morgan fingerprint density at radius 3 is 2.40 bits per heavy atom. The molecule has 0 bridgehead atoms. The molecule has 0 spiro atoms. The van der Waals surface area contributed by atoms with Gasteiger partial charge in [0.1, 0.15) is 0 Å². The van der Waals surface area contributed by atoms with Crippen molar-refractivity contribution in [3.8, 4) is 0 Å². The van der Waals surface area contributed by atoms with Crippen LogP contribution < -0.4 is 0 Å². The molecule has 1 rings (SSSR count). The van der Waals surface area contributed by atoms with Gasteiger partial charge in [0.15, 0.2) is 0 Å². The Kier molecular flexibility index (Phi) is 5.89. The van der Waals surface area contributed by atoms with Gasteiger partial charge in [0, 0.05) is 28.7 Å². The molecule has 0 aliphatic carbocycles. The van der Waals surface area contributed by atoms with E-state index in [1.165, 1.54) is 17.0 Å². The minimum Gasteiger partial charge on any atom is -0.341 e. The molecular formula is C12H14BrCl2NO3S. The maximum Gasteiger partial charge on any atom is 0.262 e. The third-order valence-electron chi connectivity index (χ3n) is 2.50. The van der Waals surface area contributed by atoms with Crippen LogP contribution in [0.5, 0.6) is 0 Å². The molecule has 0 atom stereocenters. The molecule has 0 N–H and O–H groups in total. The molecule has 0 fully saturated rings. The zero-order valence-electron chi connectivity index (χ0n) is 11.2. The summed E-state index contributed by atoms with van der Waals surface area (Å²) in [5, 5.41) is 0.168. The van der Waals surface area contributed by atoms with Crippen LogP contribution in [0.25, 0.3) is 0 Å². The first kappa shape index (κ1) is 17.8. The number of rotatable bonds is 4. The van der Waals surface area contributed by atoms with E-state index in [0.717, 1.165) is 0 Å². The van der Waals surface area contributed by atoms with Crippen LogP contribution in [0.1, 0.15) is 24.2 Å². The van der Waals surface area contributed by atoms with Crippen molar-refractivity contribution in [1.29, 1.82) is 0 Å². The number of halogens is 3. The second kappa shape index (κ2) is 6.64. The molecule has 1 aromatic carbocycles. The Balaban J connectivity index is 3.29. The summed E-state index contributed by atoms with van der Waals surface area (Å²) < 4.78 is 23.1. The van der Waals surface area contributed by atoms with E-state index in [9.17, 15) is 13.2 Å². The maximum atomic E-state index is 12.3. The minimum atomic E-state index is -3.96. The van der Waals surface area contributed by atoms with Gasteiger partial charge >= 0.3 is 0 Å². The van der Waals surface area contributed by atoms with E-state index in [4.69, 9.17) is 22.3 Å². The standard InChI is InChI=1S/C12H14BrCl2NO3S/c1-7(2)6-16(3)12(17)8-4-11(20(15,18)19)9(13)5-10(8)14/h4-5,7H,6H2,1-3H3. The lowest BCUT2D eigenvalue weighted by atomic mass is 10.1. The predicted molar refractivity (Wildman–Crippen MR) is 84.0 cm³/mol. The fourth-order valence-electron chi connectivity index (χ4n) is 1.72. The molecule has 4 nitrogen and oxygen atoms in total. The van der Waals surface area contributed by atoms with Gasteiger partial charge in [0.2, 0.25) is 0 Å². The van der Waals surface area contributed by atoms with Gasteiger partial charge in [-0.15, -0.1) is 0 Å². The summed E-state index contributed by atoms with van der Waals surface area (Å²) in [7, 11) is 3.01. The maximum absolute atomic E-state index is 12.3. The third-order valence-corrected chi connectivity index (χ3v) is 5.09. The predicted octanol–water partition coefficient (Wildman–Crippen LogP) is 3.76. The zero-order valence-corrected chi connectivity index (χ0v) is 15.1. The minimum absolute atomic E-state index is 0.109. The lowest BCUT2D eigenvalue weighted by Gasteiger charge is -2.20. The molecule has 0 radical (unpaired) electrons. The van der Waals surface area contributed by atoms with Crippen LogP contribution in [-0.2, 0) is 9.05 Å². The van der Waals surface area contributed by atoms with Crippen LogP contribution in [0.3, 0.4) is 0 Å². The summed E-state index contributed by atoms with van der Waals surface area (Å²) in [6, 6.07) is 2.54. The number of nitrogens with zero attached hydrogens (tertiary/aromatic N) is 1. The van der Waals surface area contributed by atoms with E-state index in [-0.39, 0.29) is 31.8 Å². The molecule has 1 amide bonds. The average molecular weight is 403 g/mol. The van der Waals surface area contributed by atoms with Gasteiger partial charge in [0.05, 0.1) is 15.5 Å². The van der Waals surface area contributed by atoms with Crippen LogP contribution in [0.4, 0.5) is 0 Å². The number of hydrogen-bond acceptors (Lipinski definition) is 3. The molecule has 0 unspecified atom stereocenters. The van der Waals surface area contributed by atoms with E-state index in [0.29, 0.717) is 6.54 Å². The molecule has 0 aliphatic rings. The highest BCUT2D eigenvalue weighted by molar-refractivity contribution is 9.10. The topological polar surface area (TPSA) is 54.5 Å². The molecule has 0 saturated carbocycles. The first-order valence-corrected chi connectivity index (χ1v) is 9.21.